The molecule has 0 aromatic heterocycles. The number of phenols is 1. The maximum atomic E-state index is 9.57. The summed E-state index contributed by atoms with van der Waals surface area (Å²) in [5, 5.41) is 9.57. The minimum absolute atomic E-state index is 0.166. The van der Waals surface area contributed by atoms with Crippen LogP contribution < -0.4 is 14.2 Å². The maximum Gasteiger partial charge on any atom is 0.231 e. The number of fused-ring (bicyclic) bond motifs is 1. The predicted molar refractivity (Wildman–Crippen MR) is 74.6 cm³/mol. The molecule has 0 fully saturated rings. The summed E-state index contributed by atoms with van der Waals surface area (Å²) in [4.78, 5) is 0. The number of aromatic hydroxyl groups is 1. The zero-order valence-electron chi connectivity index (χ0n) is 11.3. The minimum Gasteiger partial charge on any atom is -0.504 e. The molecule has 1 aliphatic rings. The molecule has 104 valence electrons. The summed E-state index contributed by atoms with van der Waals surface area (Å²) in [6.45, 7) is 0.300. The smallest absolute Gasteiger partial charge is 0.231 e. The Bertz CT molecular complexity index is 611. The first-order chi connectivity index (χ1) is 9.76. The molecule has 2 aromatic rings. The Balaban J connectivity index is 1.70. The first kappa shape index (κ1) is 12.7. The van der Waals surface area contributed by atoms with E-state index in [1.165, 1.54) is 5.56 Å². The van der Waals surface area contributed by atoms with Gasteiger partial charge < -0.3 is 19.3 Å². The Labute approximate surface area is 117 Å². The highest BCUT2D eigenvalue weighted by Gasteiger charge is 2.13. The highest BCUT2D eigenvalue weighted by atomic mass is 16.7. The zero-order chi connectivity index (χ0) is 13.9. The molecule has 4 heteroatoms. The highest BCUT2D eigenvalue weighted by Crippen LogP contribution is 2.33. The second-order valence-corrected chi connectivity index (χ2v) is 4.69. The summed E-state index contributed by atoms with van der Waals surface area (Å²) < 4.78 is 15.8. The number of hydrogen-bond donors (Lipinski definition) is 1. The maximum absolute atomic E-state index is 9.57. The van der Waals surface area contributed by atoms with Gasteiger partial charge in [0.05, 0.1) is 7.11 Å². The van der Waals surface area contributed by atoms with Crippen LogP contribution in [0.25, 0.3) is 0 Å². The van der Waals surface area contributed by atoms with Gasteiger partial charge in [-0.25, -0.2) is 0 Å². The summed E-state index contributed by atoms with van der Waals surface area (Å²) >= 11 is 0. The molecule has 0 unspecified atom stereocenters. The van der Waals surface area contributed by atoms with Crippen LogP contribution in [0.4, 0.5) is 0 Å². The van der Waals surface area contributed by atoms with E-state index in [0.29, 0.717) is 12.5 Å². The molecule has 2 aromatic carbocycles. The monoisotopic (exact) mass is 272 g/mol. The molecule has 0 saturated carbocycles. The molecule has 0 radical (unpaired) electrons. The van der Waals surface area contributed by atoms with Crippen molar-refractivity contribution in [1.82, 2.24) is 0 Å². The molecule has 0 aliphatic carbocycles. The number of aryl methyl sites for hydroxylation is 2. The molecule has 0 amide bonds. The van der Waals surface area contributed by atoms with Crippen LogP contribution in [0.3, 0.4) is 0 Å². The number of phenolic OH excluding ortho intramolecular Hbond substituents is 1. The van der Waals surface area contributed by atoms with E-state index >= 15 is 0 Å². The fraction of sp³-hybridized carbons (Fsp3) is 0.250. The van der Waals surface area contributed by atoms with Gasteiger partial charge in [-0.05, 0) is 48.2 Å². The molecular formula is C16H16O4. The van der Waals surface area contributed by atoms with Crippen LogP contribution in [0.15, 0.2) is 36.4 Å². The van der Waals surface area contributed by atoms with E-state index in [1.807, 2.05) is 30.3 Å². The van der Waals surface area contributed by atoms with Crippen LogP contribution in [0.2, 0.25) is 0 Å². The van der Waals surface area contributed by atoms with E-state index in [-0.39, 0.29) is 5.75 Å². The van der Waals surface area contributed by atoms with Crippen LogP contribution in [0, 0.1) is 0 Å². The van der Waals surface area contributed by atoms with Gasteiger partial charge in [0.2, 0.25) is 6.79 Å². The Kier molecular flexibility index (Phi) is 3.37. The number of methoxy groups -OCH3 is 1. The minimum atomic E-state index is 0.166. The van der Waals surface area contributed by atoms with Crippen molar-refractivity contribution in [2.75, 3.05) is 13.9 Å². The lowest BCUT2D eigenvalue weighted by Gasteiger charge is -2.07. The SMILES string of the molecule is COc1cc(CCc2ccc3c(c2)OCO3)ccc1O. The van der Waals surface area contributed by atoms with E-state index in [1.54, 1.807) is 13.2 Å². The van der Waals surface area contributed by atoms with Gasteiger partial charge >= 0.3 is 0 Å². The van der Waals surface area contributed by atoms with Crippen molar-refractivity contribution in [3.8, 4) is 23.0 Å². The van der Waals surface area contributed by atoms with Crippen LogP contribution in [-0.2, 0) is 12.8 Å². The molecule has 4 nitrogen and oxygen atoms in total. The number of hydrogen-bond acceptors (Lipinski definition) is 4. The molecule has 1 heterocycles. The summed E-state index contributed by atoms with van der Waals surface area (Å²) in [7, 11) is 1.55. The molecule has 0 spiro atoms. The molecule has 0 bridgehead atoms. The Morgan fingerprint density at radius 2 is 1.70 bits per heavy atom. The quantitative estimate of drug-likeness (QED) is 0.929. The third kappa shape index (κ3) is 2.50. The zero-order valence-corrected chi connectivity index (χ0v) is 11.3. The fourth-order valence-electron chi connectivity index (χ4n) is 2.26. The second kappa shape index (κ2) is 5.33. The van der Waals surface area contributed by atoms with E-state index in [4.69, 9.17) is 14.2 Å². The summed E-state index contributed by atoms with van der Waals surface area (Å²) in [6, 6.07) is 11.4. The van der Waals surface area contributed by atoms with Crippen LogP contribution in [0.5, 0.6) is 23.0 Å². The van der Waals surface area contributed by atoms with Crippen LogP contribution in [0.1, 0.15) is 11.1 Å². The van der Waals surface area contributed by atoms with Gasteiger partial charge in [0.25, 0.3) is 0 Å². The average Bonchev–Trinajstić information content (AvgIpc) is 2.94. The molecule has 1 aliphatic heterocycles. The largest absolute Gasteiger partial charge is 0.504 e. The number of benzene rings is 2. The third-order valence-corrected chi connectivity index (χ3v) is 3.38. The van der Waals surface area contributed by atoms with Gasteiger partial charge in [0.15, 0.2) is 23.0 Å². The summed E-state index contributed by atoms with van der Waals surface area (Å²) in [6.07, 6.45) is 1.76. The Hall–Kier alpha value is -2.36. The van der Waals surface area contributed by atoms with Gasteiger partial charge in [-0.2, -0.15) is 0 Å². The third-order valence-electron chi connectivity index (χ3n) is 3.38. The van der Waals surface area contributed by atoms with Gasteiger partial charge in [-0.15, -0.1) is 0 Å². The standard InChI is InChI=1S/C16H16O4/c1-18-15-8-11(4-6-13(15)17)2-3-12-5-7-14-16(9-12)20-10-19-14/h4-9,17H,2-3,10H2,1H3. The van der Waals surface area contributed by atoms with Crippen molar-refractivity contribution in [1.29, 1.82) is 0 Å². The van der Waals surface area contributed by atoms with Gasteiger partial charge in [0, 0.05) is 0 Å². The Morgan fingerprint density at radius 3 is 2.50 bits per heavy atom. The Morgan fingerprint density at radius 1 is 1.00 bits per heavy atom. The van der Waals surface area contributed by atoms with Crippen molar-refractivity contribution in [2.24, 2.45) is 0 Å². The van der Waals surface area contributed by atoms with Crippen LogP contribution >= 0.6 is 0 Å². The number of rotatable bonds is 4. The van der Waals surface area contributed by atoms with E-state index in [0.717, 1.165) is 29.9 Å². The molecular weight excluding hydrogens is 256 g/mol. The van der Waals surface area contributed by atoms with Crippen molar-refractivity contribution in [3.63, 3.8) is 0 Å². The number of ether oxygens (including phenoxy) is 3. The fourth-order valence-corrected chi connectivity index (χ4v) is 2.26. The summed E-state index contributed by atoms with van der Waals surface area (Å²) in [5.74, 6) is 2.29. The van der Waals surface area contributed by atoms with E-state index in [2.05, 4.69) is 0 Å². The van der Waals surface area contributed by atoms with Crippen molar-refractivity contribution in [3.05, 3.63) is 47.5 Å². The molecule has 20 heavy (non-hydrogen) atoms. The predicted octanol–water partition coefficient (Wildman–Crippen LogP) is 2.91. The first-order valence-electron chi connectivity index (χ1n) is 6.50. The first-order valence-corrected chi connectivity index (χ1v) is 6.50. The second-order valence-electron chi connectivity index (χ2n) is 4.69. The average molecular weight is 272 g/mol. The lowest BCUT2D eigenvalue weighted by Crippen LogP contribution is -1.93. The molecule has 1 N–H and O–H groups in total. The van der Waals surface area contributed by atoms with Gasteiger partial charge in [-0.1, -0.05) is 12.1 Å². The normalized spacial score (nSPS) is 12.4. The lowest BCUT2D eigenvalue weighted by molar-refractivity contribution is 0.174. The van der Waals surface area contributed by atoms with E-state index in [9.17, 15) is 5.11 Å². The van der Waals surface area contributed by atoms with Crippen molar-refractivity contribution in [2.45, 2.75) is 12.8 Å². The van der Waals surface area contributed by atoms with Gasteiger partial charge in [-0.3, -0.25) is 0 Å². The summed E-state index contributed by atoms with van der Waals surface area (Å²) in [5.41, 5.74) is 2.32. The van der Waals surface area contributed by atoms with Crippen molar-refractivity contribution < 1.29 is 19.3 Å². The highest BCUT2D eigenvalue weighted by molar-refractivity contribution is 5.45. The van der Waals surface area contributed by atoms with Gasteiger partial charge in [0.1, 0.15) is 0 Å². The molecule has 3 rings (SSSR count). The van der Waals surface area contributed by atoms with E-state index < -0.39 is 0 Å². The van der Waals surface area contributed by atoms with Crippen molar-refractivity contribution >= 4 is 0 Å². The topological polar surface area (TPSA) is 47.9 Å². The molecule has 0 saturated heterocycles. The molecule has 0 atom stereocenters. The van der Waals surface area contributed by atoms with Crippen LogP contribution in [-0.4, -0.2) is 19.0 Å². The lowest BCUT2D eigenvalue weighted by atomic mass is 10.0.